The average molecular weight is 281 g/mol. The summed E-state index contributed by atoms with van der Waals surface area (Å²) in [5, 5.41) is 3.15. The number of imidazole rings is 1. The highest BCUT2D eigenvalue weighted by atomic mass is 15.2. The van der Waals surface area contributed by atoms with Crippen LogP contribution in [0.3, 0.4) is 0 Å². The summed E-state index contributed by atoms with van der Waals surface area (Å²) >= 11 is 0. The van der Waals surface area contributed by atoms with Gasteiger partial charge in [0.05, 0.1) is 6.33 Å². The molecule has 3 rings (SSSR count). The Bertz CT molecular complexity index is 747. The van der Waals surface area contributed by atoms with Gasteiger partial charge in [-0.3, -0.25) is 4.98 Å². The van der Waals surface area contributed by atoms with Gasteiger partial charge in [0.1, 0.15) is 5.52 Å². The highest BCUT2D eigenvalue weighted by molar-refractivity contribution is 5.85. The number of rotatable bonds is 4. The van der Waals surface area contributed by atoms with Crippen molar-refractivity contribution in [2.24, 2.45) is 0 Å². The average Bonchev–Trinajstić information content (AvgIpc) is 2.92. The van der Waals surface area contributed by atoms with Crippen molar-refractivity contribution in [2.75, 3.05) is 11.9 Å². The molecule has 0 fully saturated rings. The van der Waals surface area contributed by atoms with Crippen LogP contribution in [0.4, 0.5) is 5.82 Å². The van der Waals surface area contributed by atoms with E-state index >= 15 is 0 Å². The number of pyridine rings is 1. The molecule has 0 spiro atoms. The topological polar surface area (TPSA) is 68.5 Å². The van der Waals surface area contributed by atoms with Gasteiger partial charge in [-0.1, -0.05) is 0 Å². The van der Waals surface area contributed by atoms with Gasteiger partial charge in [-0.25, -0.2) is 15.0 Å². The second kappa shape index (κ2) is 5.47. The summed E-state index contributed by atoms with van der Waals surface area (Å²) in [6.45, 7) is 8.55. The van der Waals surface area contributed by atoms with Crippen molar-refractivity contribution in [2.45, 2.75) is 19.9 Å². The van der Waals surface area contributed by atoms with E-state index in [9.17, 15) is 0 Å². The van der Waals surface area contributed by atoms with Gasteiger partial charge in [-0.2, -0.15) is 0 Å². The Kier molecular flexibility index (Phi) is 3.51. The van der Waals surface area contributed by atoms with E-state index in [1.165, 1.54) is 0 Å². The van der Waals surface area contributed by atoms with Crippen LogP contribution < -0.4 is 5.32 Å². The van der Waals surface area contributed by atoms with Gasteiger partial charge in [0.25, 0.3) is 0 Å². The zero-order chi connectivity index (χ0) is 14.8. The lowest BCUT2D eigenvalue weighted by Gasteiger charge is -2.10. The Morgan fingerprint density at radius 2 is 2.19 bits per heavy atom. The minimum atomic E-state index is 0.277. The molecule has 0 amide bonds. The lowest BCUT2D eigenvalue weighted by atomic mass is 10.2. The molecule has 0 aliphatic carbocycles. The zero-order valence-electron chi connectivity index (χ0n) is 12.1. The predicted molar refractivity (Wildman–Crippen MR) is 82.8 cm³/mol. The Hall–Kier alpha value is -2.50. The third kappa shape index (κ3) is 2.44. The largest absolute Gasteiger partial charge is 0.368 e. The van der Waals surface area contributed by atoms with Crippen LogP contribution in [0.2, 0.25) is 0 Å². The highest BCUT2D eigenvalue weighted by Crippen LogP contribution is 2.25. The summed E-state index contributed by atoms with van der Waals surface area (Å²) in [7, 11) is 0. The quantitative estimate of drug-likeness (QED) is 0.796. The monoisotopic (exact) mass is 281 g/mol. The van der Waals surface area contributed by atoms with E-state index in [4.69, 9.17) is 0 Å². The van der Waals surface area contributed by atoms with Crippen molar-refractivity contribution in [1.29, 1.82) is 0 Å². The molecular weight excluding hydrogens is 264 g/mol. The number of hydrogen-bond acceptors (Lipinski definition) is 5. The molecule has 107 valence electrons. The molecule has 6 heteroatoms. The lowest BCUT2D eigenvalue weighted by molar-refractivity contribution is 0.613. The van der Waals surface area contributed by atoms with Crippen LogP contribution >= 0.6 is 0 Å². The molecule has 0 unspecified atom stereocenters. The van der Waals surface area contributed by atoms with E-state index in [1.807, 2.05) is 16.7 Å². The SMILES string of the molecule is [CH2]CNc1nc(-c2cccnc2)nc2c1ncn2C(C)C. The number of nitrogens with one attached hydrogen (secondary N) is 1. The van der Waals surface area contributed by atoms with Gasteiger partial charge in [0.2, 0.25) is 0 Å². The van der Waals surface area contributed by atoms with Crippen LogP contribution in [-0.2, 0) is 0 Å². The predicted octanol–water partition coefficient (Wildman–Crippen LogP) is 2.72. The maximum absolute atomic E-state index is 4.66. The molecule has 0 aliphatic heterocycles. The van der Waals surface area contributed by atoms with Crippen LogP contribution in [0.1, 0.15) is 19.9 Å². The van der Waals surface area contributed by atoms with Crippen LogP contribution in [0.25, 0.3) is 22.6 Å². The fourth-order valence-corrected chi connectivity index (χ4v) is 2.16. The first-order valence-electron chi connectivity index (χ1n) is 6.88. The second-order valence-electron chi connectivity index (χ2n) is 4.98. The first-order valence-corrected chi connectivity index (χ1v) is 6.88. The summed E-state index contributed by atoms with van der Waals surface area (Å²) < 4.78 is 2.03. The Morgan fingerprint density at radius 1 is 1.33 bits per heavy atom. The van der Waals surface area contributed by atoms with Gasteiger partial charge < -0.3 is 9.88 Å². The molecular formula is C15H17N6. The molecule has 3 aromatic rings. The van der Waals surface area contributed by atoms with E-state index < -0.39 is 0 Å². The van der Waals surface area contributed by atoms with Crippen LogP contribution in [0.5, 0.6) is 0 Å². The summed E-state index contributed by atoms with van der Waals surface area (Å²) in [5.74, 6) is 1.34. The van der Waals surface area contributed by atoms with Crippen molar-refractivity contribution in [3.05, 3.63) is 37.8 Å². The summed E-state index contributed by atoms with van der Waals surface area (Å²) in [6.07, 6.45) is 5.28. The Morgan fingerprint density at radius 3 is 2.86 bits per heavy atom. The van der Waals surface area contributed by atoms with Crippen molar-refractivity contribution >= 4 is 17.0 Å². The molecule has 0 saturated carbocycles. The maximum Gasteiger partial charge on any atom is 0.166 e. The summed E-state index contributed by atoms with van der Waals surface area (Å²) in [6, 6.07) is 4.09. The molecule has 0 bridgehead atoms. The molecule has 0 saturated heterocycles. The first kappa shape index (κ1) is 13.5. The molecule has 3 heterocycles. The van der Waals surface area contributed by atoms with E-state index in [2.05, 4.69) is 46.0 Å². The fraction of sp³-hybridized carbons (Fsp3) is 0.267. The first-order chi connectivity index (χ1) is 10.2. The van der Waals surface area contributed by atoms with E-state index in [1.54, 1.807) is 18.7 Å². The van der Waals surface area contributed by atoms with Crippen LogP contribution in [-0.4, -0.2) is 31.0 Å². The van der Waals surface area contributed by atoms with Gasteiger partial charge in [-0.15, -0.1) is 0 Å². The normalized spacial score (nSPS) is 11.2. The number of aromatic nitrogens is 5. The van der Waals surface area contributed by atoms with Crippen molar-refractivity contribution in [3.8, 4) is 11.4 Å². The Balaban J connectivity index is 2.24. The standard InChI is InChI=1S/C15H17N6/c1-4-17-14-12-15(21(9-18-12)10(2)3)20-13(19-14)11-6-5-7-16-8-11/h5-10H,1,4H2,2-3H3,(H,17,19,20). The zero-order valence-corrected chi connectivity index (χ0v) is 12.1. The van der Waals surface area contributed by atoms with E-state index in [0.29, 0.717) is 18.2 Å². The minimum Gasteiger partial charge on any atom is -0.368 e. The summed E-state index contributed by atoms with van der Waals surface area (Å²) in [4.78, 5) is 17.8. The summed E-state index contributed by atoms with van der Waals surface area (Å²) in [5.41, 5.74) is 2.46. The van der Waals surface area contributed by atoms with E-state index in [-0.39, 0.29) is 6.04 Å². The van der Waals surface area contributed by atoms with Crippen LogP contribution in [0, 0.1) is 6.92 Å². The number of hydrogen-bond donors (Lipinski definition) is 1. The molecule has 0 aliphatic rings. The molecule has 6 nitrogen and oxygen atoms in total. The lowest BCUT2D eigenvalue weighted by Crippen LogP contribution is -2.05. The third-order valence-corrected chi connectivity index (χ3v) is 3.19. The molecule has 21 heavy (non-hydrogen) atoms. The van der Waals surface area contributed by atoms with Gasteiger partial charge >= 0.3 is 0 Å². The molecule has 0 aromatic carbocycles. The van der Waals surface area contributed by atoms with Gasteiger partial charge in [-0.05, 0) is 32.9 Å². The minimum absolute atomic E-state index is 0.277. The van der Waals surface area contributed by atoms with Crippen molar-refractivity contribution < 1.29 is 0 Å². The highest BCUT2D eigenvalue weighted by Gasteiger charge is 2.15. The van der Waals surface area contributed by atoms with Crippen molar-refractivity contribution in [1.82, 2.24) is 24.5 Å². The van der Waals surface area contributed by atoms with Crippen LogP contribution in [0.15, 0.2) is 30.9 Å². The van der Waals surface area contributed by atoms with E-state index in [0.717, 1.165) is 16.7 Å². The molecule has 3 aromatic heterocycles. The maximum atomic E-state index is 4.66. The molecule has 1 N–H and O–H groups in total. The number of anilines is 1. The molecule has 1 radical (unpaired) electrons. The van der Waals surface area contributed by atoms with Gasteiger partial charge in [0, 0.05) is 30.5 Å². The fourth-order valence-electron chi connectivity index (χ4n) is 2.16. The number of fused-ring (bicyclic) bond motifs is 1. The second-order valence-corrected chi connectivity index (χ2v) is 4.98. The number of nitrogens with zero attached hydrogens (tertiary/aromatic N) is 5. The molecule has 0 atom stereocenters. The third-order valence-electron chi connectivity index (χ3n) is 3.19. The Labute approximate surface area is 123 Å². The van der Waals surface area contributed by atoms with Crippen molar-refractivity contribution in [3.63, 3.8) is 0 Å². The smallest absolute Gasteiger partial charge is 0.166 e. The van der Waals surface area contributed by atoms with Gasteiger partial charge in [0.15, 0.2) is 17.3 Å².